The molecule has 1 aromatic rings. The van der Waals surface area contributed by atoms with Crippen LogP contribution in [0.3, 0.4) is 0 Å². The van der Waals surface area contributed by atoms with E-state index in [4.69, 9.17) is 15.0 Å². The highest BCUT2D eigenvalue weighted by Crippen LogP contribution is 2.38. The van der Waals surface area contributed by atoms with Crippen molar-refractivity contribution in [2.45, 2.75) is 52.2 Å². The second-order valence-corrected chi connectivity index (χ2v) is 6.56. The van der Waals surface area contributed by atoms with Crippen molar-refractivity contribution in [2.24, 2.45) is 5.73 Å². The van der Waals surface area contributed by atoms with E-state index in [1.807, 2.05) is 6.07 Å². The van der Waals surface area contributed by atoms with Gasteiger partial charge in [-0.1, -0.05) is 37.3 Å². The lowest BCUT2D eigenvalue weighted by atomic mass is 9.76. The predicted octanol–water partition coefficient (Wildman–Crippen LogP) is 3.22. The lowest BCUT2D eigenvalue weighted by molar-refractivity contribution is 0.00578. The topological polar surface area (TPSA) is 44.5 Å². The van der Waals surface area contributed by atoms with Crippen molar-refractivity contribution in [1.29, 1.82) is 0 Å². The zero-order valence-electron chi connectivity index (χ0n) is 13.8. The van der Waals surface area contributed by atoms with Crippen LogP contribution in [0.4, 0.5) is 0 Å². The Kier molecular flexibility index (Phi) is 4.62. The van der Waals surface area contributed by atoms with E-state index < -0.39 is 0 Å². The van der Waals surface area contributed by atoms with Gasteiger partial charge in [-0.3, -0.25) is 0 Å². The van der Waals surface area contributed by atoms with Gasteiger partial charge >= 0.3 is 7.12 Å². The van der Waals surface area contributed by atoms with Gasteiger partial charge in [-0.05, 0) is 50.7 Å². The maximum Gasteiger partial charge on any atom is 0.491 e. The Hall–Kier alpha value is -1.10. The summed E-state index contributed by atoms with van der Waals surface area (Å²) in [6, 6.07) is 8.36. The Bertz CT molecular complexity index is 521. The van der Waals surface area contributed by atoms with E-state index in [0.717, 1.165) is 11.9 Å². The first-order valence-corrected chi connectivity index (χ1v) is 7.65. The molecule has 1 aliphatic rings. The molecule has 0 unspecified atom stereocenters. The van der Waals surface area contributed by atoms with Gasteiger partial charge in [0.2, 0.25) is 0 Å². The zero-order valence-corrected chi connectivity index (χ0v) is 13.8. The minimum Gasteiger partial charge on any atom is -0.400 e. The van der Waals surface area contributed by atoms with Gasteiger partial charge in [-0.15, -0.1) is 0 Å². The average molecular weight is 287 g/mol. The molecule has 4 heteroatoms. The Morgan fingerprint density at radius 3 is 2.24 bits per heavy atom. The highest BCUT2D eigenvalue weighted by molar-refractivity contribution is 6.55. The lowest BCUT2D eigenvalue weighted by Crippen LogP contribution is -2.41. The van der Waals surface area contributed by atoms with Crippen molar-refractivity contribution in [2.75, 3.05) is 6.54 Å². The number of aryl methyl sites for hydroxylation is 1. The smallest absolute Gasteiger partial charge is 0.400 e. The standard InChI is InChI=1S/C17H26BNO2/c1-6-13-9-7-8-10-14(13)11-15(12-19)18-20-16(2,3)17(4,5)21-18/h7-11H,6,12,19H2,1-5H3. The van der Waals surface area contributed by atoms with E-state index in [2.05, 4.69) is 58.9 Å². The van der Waals surface area contributed by atoms with Crippen molar-refractivity contribution in [3.8, 4) is 0 Å². The molecule has 2 rings (SSSR count). The van der Waals surface area contributed by atoms with Crippen molar-refractivity contribution >= 4 is 13.2 Å². The Balaban J connectivity index is 2.31. The summed E-state index contributed by atoms with van der Waals surface area (Å²) in [6.07, 6.45) is 3.11. The zero-order chi connectivity index (χ0) is 15.7. The first kappa shape index (κ1) is 16.3. The first-order chi connectivity index (χ1) is 9.80. The average Bonchev–Trinajstić information content (AvgIpc) is 2.65. The van der Waals surface area contributed by atoms with Gasteiger partial charge in [-0.2, -0.15) is 0 Å². The third kappa shape index (κ3) is 3.23. The van der Waals surface area contributed by atoms with Crippen LogP contribution in [0.1, 0.15) is 45.7 Å². The predicted molar refractivity (Wildman–Crippen MR) is 88.9 cm³/mol. The minimum absolute atomic E-state index is 0.337. The summed E-state index contributed by atoms with van der Waals surface area (Å²) in [4.78, 5) is 0. The lowest BCUT2D eigenvalue weighted by Gasteiger charge is -2.32. The number of nitrogens with two attached hydrogens (primary N) is 1. The van der Waals surface area contributed by atoms with E-state index in [1.165, 1.54) is 11.1 Å². The molecule has 0 radical (unpaired) electrons. The molecule has 0 spiro atoms. The van der Waals surface area contributed by atoms with Crippen LogP contribution in [0.15, 0.2) is 29.7 Å². The second kappa shape index (κ2) is 5.95. The van der Waals surface area contributed by atoms with Crippen molar-refractivity contribution in [1.82, 2.24) is 0 Å². The summed E-state index contributed by atoms with van der Waals surface area (Å²) in [7, 11) is -0.370. The number of hydrogen-bond acceptors (Lipinski definition) is 3. The second-order valence-electron chi connectivity index (χ2n) is 6.56. The normalized spacial score (nSPS) is 20.9. The van der Waals surface area contributed by atoms with Crippen LogP contribution in [-0.2, 0) is 15.7 Å². The van der Waals surface area contributed by atoms with E-state index in [9.17, 15) is 0 Å². The fourth-order valence-electron chi connectivity index (χ4n) is 2.41. The summed E-state index contributed by atoms with van der Waals surface area (Å²) < 4.78 is 12.2. The van der Waals surface area contributed by atoms with Crippen LogP contribution < -0.4 is 5.73 Å². The first-order valence-electron chi connectivity index (χ1n) is 7.65. The van der Waals surface area contributed by atoms with Crippen molar-refractivity contribution in [3.05, 3.63) is 40.9 Å². The highest BCUT2D eigenvalue weighted by atomic mass is 16.7. The molecule has 2 N–H and O–H groups in total. The molecule has 1 saturated heterocycles. The molecule has 1 fully saturated rings. The fraction of sp³-hybridized carbons (Fsp3) is 0.529. The molecule has 114 valence electrons. The molecule has 0 saturated carbocycles. The third-order valence-electron chi connectivity index (χ3n) is 4.57. The van der Waals surface area contributed by atoms with Gasteiger partial charge in [0.1, 0.15) is 0 Å². The van der Waals surface area contributed by atoms with Gasteiger partial charge in [0.15, 0.2) is 0 Å². The number of benzene rings is 1. The molecule has 0 aromatic heterocycles. The molecule has 1 heterocycles. The summed E-state index contributed by atoms with van der Waals surface area (Å²) in [5.74, 6) is 0. The van der Waals surface area contributed by atoms with Crippen LogP contribution in [0.2, 0.25) is 0 Å². The molecular formula is C17H26BNO2. The molecule has 1 aromatic carbocycles. The molecule has 3 nitrogen and oxygen atoms in total. The Morgan fingerprint density at radius 1 is 1.14 bits per heavy atom. The maximum atomic E-state index is 6.09. The van der Waals surface area contributed by atoms with Gasteiger partial charge in [0, 0.05) is 6.54 Å². The quantitative estimate of drug-likeness (QED) is 0.865. The van der Waals surface area contributed by atoms with E-state index >= 15 is 0 Å². The van der Waals surface area contributed by atoms with Gasteiger partial charge in [0.05, 0.1) is 11.2 Å². The van der Waals surface area contributed by atoms with Crippen LogP contribution in [0, 0.1) is 0 Å². The molecule has 0 aliphatic carbocycles. The van der Waals surface area contributed by atoms with Gasteiger partial charge in [-0.25, -0.2) is 0 Å². The van der Waals surface area contributed by atoms with Gasteiger partial charge < -0.3 is 15.0 Å². The largest absolute Gasteiger partial charge is 0.491 e. The van der Waals surface area contributed by atoms with Gasteiger partial charge in [0.25, 0.3) is 0 Å². The summed E-state index contributed by atoms with van der Waals surface area (Å²) in [5.41, 5.74) is 8.74. The minimum atomic E-state index is -0.370. The summed E-state index contributed by atoms with van der Waals surface area (Å²) in [6.45, 7) is 10.8. The fourth-order valence-corrected chi connectivity index (χ4v) is 2.41. The molecule has 21 heavy (non-hydrogen) atoms. The number of hydrogen-bond donors (Lipinski definition) is 1. The Morgan fingerprint density at radius 2 is 1.71 bits per heavy atom. The highest BCUT2D eigenvalue weighted by Gasteiger charge is 2.52. The SMILES string of the molecule is CCc1ccccc1C=C(CN)B1OC(C)(C)C(C)(C)O1. The van der Waals surface area contributed by atoms with E-state index in [-0.39, 0.29) is 18.3 Å². The van der Waals surface area contributed by atoms with Crippen LogP contribution in [0.25, 0.3) is 6.08 Å². The van der Waals surface area contributed by atoms with Crippen molar-refractivity contribution in [3.63, 3.8) is 0 Å². The van der Waals surface area contributed by atoms with Crippen molar-refractivity contribution < 1.29 is 9.31 Å². The third-order valence-corrected chi connectivity index (χ3v) is 4.57. The van der Waals surface area contributed by atoms with E-state index in [0.29, 0.717) is 6.54 Å². The molecular weight excluding hydrogens is 261 g/mol. The summed E-state index contributed by atoms with van der Waals surface area (Å²) in [5, 5.41) is 0. The molecule has 0 atom stereocenters. The maximum absolute atomic E-state index is 6.09. The Labute approximate surface area is 128 Å². The summed E-state index contributed by atoms with van der Waals surface area (Å²) >= 11 is 0. The molecule has 0 bridgehead atoms. The molecule has 1 aliphatic heterocycles. The van der Waals surface area contributed by atoms with Crippen LogP contribution in [-0.4, -0.2) is 24.9 Å². The monoisotopic (exact) mass is 287 g/mol. The molecule has 0 amide bonds. The van der Waals surface area contributed by atoms with Crippen LogP contribution in [0.5, 0.6) is 0 Å². The van der Waals surface area contributed by atoms with E-state index in [1.54, 1.807) is 0 Å². The van der Waals surface area contributed by atoms with Crippen LogP contribution >= 0.6 is 0 Å². The number of rotatable bonds is 4.